The van der Waals surface area contributed by atoms with Crippen LogP contribution in [0, 0.1) is 0 Å². The van der Waals surface area contributed by atoms with Crippen LogP contribution in [0.5, 0.6) is 0 Å². The number of carbonyl (C=O) groups is 1. The van der Waals surface area contributed by atoms with Crippen molar-refractivity contribution in [2.45, 2.75) is 48.4 Å². The Hall–Kier alpha value is 0.619. The molecule has 0 aromatic heterocycles. The third-order valence-electron chi connectivity index (χ3n) is 2.03. The number of carboxylic acid groups (broad SMARTS) is 1. The summed E-state index contributed by atoms with van der Waals surface area (Å²) in [4.78, 5) is 10.6. The number of rotatable bonds is 7. The van der Waals surface area contributed by atoms with E-state index in [4.69, 9.17) is 5.11 Å². The van der Waals surface area contributed by atoms with E-state index in [1.807, 2.05) is 0 Å². The third-order valence-corrected chi connectivity index (χ3v) is 16.3. The molecule has 0 unspecified atom stereocenters. The molecule has 0 aliphatic carbocycles. The molecule has 0 spiro atoms. The van der Waals surface area contributed by atoms with Crippen LogP contribution in [0.25, 0.3) is 0 Å². The molecular formula is C9H20O2SSn. The van der Waals surface area contributed by atoms with Crippen molar-refractivity contribution in [2.24, 2.45) is 0 Å². The fraction of sp³-hybridized carbons (Fsp3) is 0.889. The van der Waals surface area contributed by atoms with Gasteiger partial charge in [0.2, 0.25) is 0 Å². The monoisotopic (exact) mass is 312 g/mol. The second-order valence-corrected chi connectivity index (χ2v) is 17.2. The van der Waals surface area contributed by atoms with Crippen molar-refractivity contribution in [2.75, 3.05) is 0 Å². The molecule has 0 amide bonds. The Balaban J connectivity index is 3.66. The van der Waals surface area contributed by atoms with Gasteiger partial charge in [0.15, 0.2) is 0 Å². The summed E-state index contributed by atoms with van der Waals surface area (Å²) in [7, 11) is 1.31. The summed E-state index contributed by atoms with van der Waals surface area (Å²) in [6.07, 6.45) is 4.90. The maximum absolute atomic E-state index is 10.6. The Kier molecular flexibility index (Phi) is 9.62. The van der Waals surface area contributed by atoms with E-state index in [2.05, 4.69) is 13.8 Å². The molecule has 2 nitrogen and oxygen atoms in total. The van der Waals surface area contributed by atoms with Gasteiger partial charge in [0.25, 0.3) is 0 Å². The van der Waals surface area contributed by atoms with Crippen molar-refractivity contribution in [1.82, 2.24) is 0 Å². The molecule has 0 aromatic rings. The van der Waals surface area contributed by atoms with E-state index < -0.39 is 23.7 Å². The number of hydrogen-bond acceptors (Lipinski definition) is 2. The van der Waals surface area contributed by atoms with E-state index in [9.17, 15) is 4.79 Å². The van der Waals surface area contributed by atoms with E-state index in [0.717, 1.165) is 0 Å². The molecule has 1 N–H and O–H groups in total. The third kappa shape index (κ3) is 8.94. The van der Waals surface area contributed by atoms with Crippen LogP contribution in [0.4, 0.5) is 4.79 Å². The number of hydrogen-bond donors (Lipinski definition) is 1. The van der Waals surface area contributed by atoms with Gasteiger partial charge in [0.1, 0.15) is 0 Å². The summed E-state index contributed by atoms with van der Waals surface area (Å²) < 4.78 is 2.52. The van der Waals surface area contributed by atoms with Gasteiger partial charge >= 0.3 is 90.9 Å². The van der Waals surface area contributed by atoms with E-state index in [-0.39, 0.29) is 0 Å². The fourth-order valence-corrected chi connectivity index (χ4v) is 14.2. The minimum absolute atomic E-state index is 0.631. The Morgan fingerprint density at radius 3 is 2.00 bits per heavy atom. The van der Waals surface area contributed by atoms with Gasteiger partial charge in [-0.3, -0.25) is 0 Å². The molecule has 0 fully saturated rings. The normalized spacial score (nSPS) is 10.7. The Morgan fingerprint density at radius 1 is 1.23 bits per heavy atom. The molecule has 0 aliphatic rings. The van der Waals surface area contributed by atoms with Crippen molar-refractivity contribution in [1.29, 1.82) is 0 Å². The van der Waals surface area contributed by atoms with Gasteiger partial charge in [-0.05, 0) is 0 Å². The molecule has 0 bridgehead atoms. The van der Waals surface area contributed by atoms with Crippen LogP contribution in [0.2, 0.25) is 8.87 Å². The first kappa shape index (κ1) is 13.6. The SMILES string of the molecule is CCC[CH2][SnH]([CH2]CCC)[S]C(=O)O. The van der Waals surface area contributed by atoms with Crippen molar-refractivity contribution < 1.29 is 9.90 Å². The van der Waals surface area contributed by atoms with E-state index in [1.165, 1.54) is 43.5 Å². The average molecular weight is 311 g/mol. The molecule has 0 aromatic carbocycles. The van der Waals surface area contributed by atoms with Crippen LogP contribution in [0.15, 0.2) is 0 Å². The topological polar surface area (TPSA) is 37.3 Å². The molecule has 0 radical (unpaired) electrons. The molecule has 0 saturated heterocycles. The van der Waals surface area contributed by atoms with Gasteiger partial charge in [-0.15, -0.1) is 0 Å². The first-order valence-electron chi connectivity index (χ1n) is 5.10. The summed E-state index contributed by atoms with van der Waals surface area (Å²) in [5.41, 5.74) is 0. The van der Waals surface area contributed by atoms with Crippen LogP contribution in [-0.2, 0) is 0 Å². The van der Waals surface area contributed by atoms with Crippen molar-refractivity contribution in [3.63, 3.8) is 0 Å². The molecule has 78 valence electrons. The van der Waals surface area contributed by atoms with E-state index >= 15 is 0 Å². The predicted octanol–water partition coefficient (Wildman–Crippen LogP) is 3.72. The molecule has 0 atom stereocenters. The first-order valence-corrected chi connectivity index (χ1v) is 14.7. The fourth-order valence-electron chi connectivity index (χ4n) is 1.27. The quantitative estimate of drug-likeness (QED) is 0.728. The zero-order valence-electron chi connectivity index (χ0n) is 8.58. The second-order valence-electron chi connectivity index (χ2n) is 3.29. The van der Waals surface area contributed by atoms with Gasteiger partial charge in [0, 0.05) is 0 Å². The Morgan fingerprint density at radius 2 is 1.69 bits per heavy atom. The van der Waals surface area contributed by atoms with Crippen molar-refractivity contribution >= 4 is 32.6 Å². The molecule has 13 heavy (non-hydrogen) atoms. The van der Waals surface area contributed by atoms with Crippen LogP contribution in [0.1, 0.15) is 39.5 Å². The molecule has 0 heterocycles. The predicted molar refractivity (Wildman–Crippen MR) is 62.2 cm³/mol. The van der Waals surface area contributed by atoms with Gasteiger partial charge in [-0.2, -0.15) is 0 Å². The van der Waals surface area contributed by atoms with Gasteiger partial charge in [-0.1, -0.05) is 0 Å². The molecule has 4 heteroatoms. The van der Waals surface area contributed by atoms with Gasteiger partial charge in [0.05, 0.1) is 0 Å². The Labute approximate surface area is 90.7 Å². The minimum atomic E-state index is -1.70. The van der Waals surface area contributed by atoms with Crippen LogP contribution >= 0.6 is 8.95 Å². The van der Waals surface area contributed by atoms with E-state index in [1.54, 1.807) is 0 Å². The summed E-state index contributed by atoms with van der Waals surface area (Å²) >= 11 is -1.70. The van der Waals surface area contributed by atoms with Crippen molar-refractivity contribution in [3.05, 3.63) is 0 Å². The van der Waals surface area contributed by atoms with Crippen LogP contribution < -0.4 is 0 Å². The number of unbranched alkanes of at least 4 members (excludes halogenated alkanes) is 2. The Bertz CT molecular complexity index is 134. The second kappa shape index (κ2) is 9.18. The summed E-state index contributed by atoms with van der Waals surface area (Å²) in [5, 5.41) is 8.07. The zero-order valence-corrected chi connectivity index (χ0v) is 12.7. The van der Waals surface area contributed by atoms with Crippen LogP contribution in [-0.4, -0.2) is 28.8 Å². The molecule has 0 rings (SSSR count). The van der Waals surface area contributed by atoms with Gasteiger partial charge in [-0.25, -0.2) is 0 Å². The van der Waals surface area contributed by atoms with Crippen LogP contribution in [0.3, 0.4) is 0 Å². The molecule has 0 saturated carbocycles. The van der Waals surface area contributed by atoms with Crippen molar-refractivity contribution in [3.8, 4) is 0 Å². The summed E-state index contributed by atoms with van der Waals surface area (Å²) in [6, 6.07) is 0. The maximum atomic E-state index is 10.6. The molecule has 0 aliphatic heterocycles. The van der Waals surface area contributed by atoms with E-state index in [0.29, 0.717) is 0 Å². The first-order chi connectivity index (χ1) is 6.20. The summed E-state index contributed by atoms with van der Waals surface area (Å²) in [5.74, 6) is 0. The standard InChI is InChI=1S/2C4H9.CH2O2S.Sn.H/c2*1-3-4-2;2-1(3)4;;/h2*1,3-4H2,2H3;4H,(H,2,3);;/q;;;+1;/p-1. The zero-order chi connectivity index (χ0) is 10.1. The summed E-state index contributed by atoms with van der Waals surface area (Å²) in [6.45, 7) is 4.35. The molecular weight excluding hydrogens is 291 g/mol. The average Bonchev–Trinajstić information content (AvgIpc) is 2.09. The van der Waals surface area contributed by atoms with Gasteiger partial charge < -0.3 is 0 Å².